The average molecular weight is 217 g/mol. The molecule has 0 spiro atoms. The third-order valence-corrected chi connectivity index (χ3v) is 4.44. The fraction of sp³-hybridized carbons (Fsp3) is 1.00. The normalized spacial score (nSPS) is 45.5. The highest BCUT2D eigenvalue weighted by molar-refractivity contribution is 6.51. The molecule has 0 radical (unpaired) electrons. The number of hydrogen-bond acceptors (Lipinski definition) is 1. The van der Waals surface area contributed by atoms with Gasteiger partial charge >= 0.3 is 0 Å². The minimum Gasteiger partial charge on any atom is -0.316 e. The predicted molar refractivity (Wildman–Crippen MR) is 50.8 cm³/mol. The van der Waals surface area contributed by atoms with Crippen molar-refractivity contribution in [1.29, 1.82) is 0 Å². The molecule has 11 heavy (non-hydrogen) atoms. The van der Waals surface area contributed by atoms with Crippen LogP contribution < -0.4 is 5.32 Å². The van der Waals surface area contributed by atoms with Crippen molar-refractivity contribution in [2.45, 2.75) is 17.7 Å². The third kappa shape index (κ3) is 1.09. The molecule has 1 aliphatic heterocycles. The molecule has 0 aromatic carbocycles. The molecule has 2 rings (SSSR count). The van der Waals surface area contributed by atoms with Crippen LogP contribution in [-0.2, 0) is 0 Å². The summed E-state index contributed by atoms with van der Waals surface area (Å²) in [6, 6.07) is 0. The van der Waals surface area contributed by atoms with Crippen LogP contribution in [0, 0.1) is 11.3 Å². The first-order valence-electron chi connectivity index (χ1n) is 3.67. The number of hydrogen-bond donors (Lipinski definition) is 1. The van der Waals surface area contributed by atoms with E-state index in [0.29, 0.717) is 5.92 Å². The molecule has 0 bridgehead atoms. The fourth-order valence-electron chi connectivity index (χ4n) is 1.96. The van der Waals surface area contributed by atoms with Crippen LogP contribution in [0.3, 0.4) is 0 Å². The minimum atomic E-state index is -0.434. The van der Waals surface area contributed by atoms with Gasteiger partial charge in [-0.1, -0.05) is 6.92 Å². The van der Waals surface area contributed by atoms with E-state index < -0.39 is 4.33 Å². The summed E-state index contributed by atoms with van der Waals surface area (Å²) >= 11 is 12.2. The van der Waals surface area contributed by atoms with Crippen molar-refractivity contribution in [3.63, 3.8) is 0 Å². The molecule has 1 aliphatic carbocycles. The molecule has 2 aliphatic rings. The van der Waals surface area contributed by atoms with Gasteiger partial charge in [-0.15, -0.1) is 35.6 Å². The number of alkyl halides is 2. The Morgan fingerprint density at radius 2 is 2.09 bits per heavy atom. The molecular formula is C7H12Cl3N. The van der Waals surface area contributed by atoms with Gasteiger partial charge in [-0.2, -0.15) is 0 Å². The molecule has 1 saturated carbocycles. The standard InChI is InChI=1S/C7H11Cl2N.ClH/c1-6-2-3-10-4-5(6)7(6,8)9;/h5,10H,2-4H2,1H3;1H. The van der Waals surface area contributed by atoms with E-state index in [0.717, 1.165) is 19.5 Å². The Labute approximate surface area is 83.2 Å². The van der Waals surface area contributed by atoms with Gasteiger partial charge in [-0.25, -0.2) is 0 Å². The number of piperidine rings is 1. The van der Waals surface area contributed by atoms with Crippen LogP contribution in [0.15, 0.2) is 0 Å². The van der Waals surface area contributed by atoms with E-state index in [4.69, 9.17) is 23.2 Å². The van der Waals surface area contributed by atoms with E-state index in [1.807, 2.05) is 0 Å². The van der Waals surface area contributed by atoms with Gasteiger partial charge in [0.2, 0.25) is 0 Å². The van der Waals surface area contributed by atoms with Crippen LogP contribution in [0.4, 0.5) is 0 Å². The molecule has 66 valence electrons. The van der Waals surface area contributed by atoms with Crippen molar-refractivity contribution in [3.05, 3.63) is 0 Å². The molecular weight excluding hydrogens is 204 g/mol. The molecule has 2 fully saturated rings. The lowest BCUT2D eigenvalue weighted by molar-refractivity contribution is 0.381. The molecule has 0 aromatic heterocycles. The Bertz CT molecular complexity index is 171. The number of fused-ring (bicyclic) bond motifs is 1. The average Bonchev–Trinajstić information content (AvgIpc) is 2.30. The first kappa shape index (κ1) is 9.91. The molecule has 2 unspecified atom stereocenters. The van der Waals surface area contributed by atoms with E-state index in [2.05, 4.69) is 12.2 Å². The number of halogens is 3. The Balaban J connectivity index is 0.000000605. The van der Waals surface area contributed by atoms with E-state index >= 15 is 0 Å². The summed E-state index contributed by atoms with van der Waals surface area (Å²) in [6.45, 7) is 4.23. The highest BCUT2D eigenvalue weighted by Crippen LogP contribution is 2.71. The Hall–Kier alpha value is 0.830. The number of rotatable bonds is 0. The summed E-state index contributed by atoms with van der Waals surface area (Å²) in [4.78, 5) is 0. The zero-order valence-electron chi connectivity index (χ0n) is 6.36. The van der Waals surface area contributed by atoms with E-state index in [9.17, 15) is 0 Å². The zero-order valence-corrected chi connectivity index (χ0v) is 8.69. The van der Waals surface area contributed by atoms with Gasteiger partial charge in [0.1, 0.15) is 4.33 Å². The zero-order chi connectivity index (χ0) is 7.41. The lowest BCUT2D eigenvalue weighted by Crippen LogP contribution is -2.27. The molecule has 0 amide bonds. The lowest BCUT2D eigenvalue weighted by atomic mass is 9.99. The molecule has 2 atom stereocenters. The topological polar surface area (TPSA) is 12.0 Å². The molecule has 1 nitrogen and oxygen atoms in total. The van der Waals surface area contributed by atoms with Gasteiger partial charge in [0.15, 0.2) is 0 Å². The summed E-state index contributed by atoms with van der Waals surface area (Å²) in [5, 5.41) is 3.29. The molecule has 1 saturated heterocycles. The van der Waals surface area contributed by atoms with Crippen LogP contribution >= 0.6 is 35.6 Å². The first-order valence-corrected chi connectivity index (χ1v) is 4.43. The van der Waals surface area contributed by atoms with Crippen LogP contribution in [0.25, 0.3) is 0 Å². The summed E-state index contributed by atoms with van der Waals surface area (Å²) in [6.07, 6.45) is 1.12. The van der Waals surface area contributed by atoms with Crippen molar-refractivity contribution in [1.82, 2.24) is 5.32 Å². The van der Waals surface area contributed by atoms with Crippen molar-refractivity contribution < 1.29 is 0 Å². The minimum absolute atomic E-state index is 0. The van der Waals surface area contributed by atoms with Crippen LogP contribution in [0.1, 0.15) is 13.3 Å². The second kappa shape index (κ2) is 2.66. The molecule has 0 aromatic rings. The van der Waals surface area contributed by atoms with E-state index in [1.165, 1.54) is 0 Å². The third-order valence-electron chi connectivity index (χ3n) is 3.05. The summed E-state index contributed by atoms with van der Waals surface area (Å²) in [5.74, 6) is 0.483. The Kier molecular flexibility index (Phi) is 2.40. The van der Waals surface area contributed by atoms with Gasteiger partial charge in [0, 0.05) is 17.9 Å². The smallest absolute Gasteiger partial charge is 0.128 e. The van der Waals surface area contributed by atoms with Gasteiger partial charge < -0.3 is 5.32 Å². The largest absolute Gasteiger partial charge is 0.316 e. The van der Waals surface area contributed by atoms with Gasteiger partial charge in [-0.3, -0.25) is 0 Å². The van der Waals surface area contributed by atoms with Crippen LogP contribution in [-0.4, -0.2) is 17.4 Å². The van der Waals surface area contributed by atoms with Crippen molar-refractivity contribution in [2.75, 3.05) is 13.1 Å². The SMILES string of the molecule is CC12CCNCC1C2(Cl)Cl.Cl. The predicted octanol–water partition coefficient (Wildman–Crippen LogP) is 2.21. The number of nitrogens with one attached hydrogen (secondary N) is 1. The Morgan fingerprint density at radius 3 is 2.45 bits per heavy atom. The maximum absolute atomic E-state index is 6.08. The monoisotopic (exact) mass is 215 g/mol. The van der Waals surface area contributed by atoms with Crippen molar-refractivity contribution in [2.24, 2.45) is 11.3 Å². The molecule has 4 heteroatoms. The quantitative estimate of drug-likeness (QED) is 0.612. The lowest BCUT2D eigenvalue weighted by Gasteiger charge is -2.16. The Morgan fingerprint density at radius 1 is 1.45 bits per heavy atom. The van der Waals surface area contributed by atoms with Gasteiger partial charge in [-0.05, 0) is 13.0 Å². The molecule has 1 heterocycles. The maximum atomic E-state index is 6.08. The molecule has 1 N–H and O–H groups in total. The summed E-state index contributed by atoms with van der Waals surface area (Å²) in [7, 11) is 0. The second-order valence-electron chi connectivity index (χ2n) is 3.55. The first-order chi connectivity index (χ1) is 4.59. The van der Waals surface area contributed by atoms with Crippen molar-refractivity contribution in [3.8, 4) is 0 Å². The van der Waals surface area contributed by atoms with Gasteiger partial charge in [0.25, 0.3) is 0 Å². The highest BCUT2D eigenvalue weighted by atomic mass is 35.5. The van der Waals surface area contributed by atoms with Crippen LogP contribution in [0.2, 0.25) is 0 Å². The highest BCUT2D eigenvalue weighted by Gasteiger charge is 2.72. The van der Waals surface area contributed by atoms with Crippen LogP contribution in [0.5, 0.6) is 0 Å². The fourth-order valence-corrected chi connectivity index (χ4v) is 2.94. The van der Waals surface area contributed by atoms with E-state index in [1.54, 1.807) is 0 Å². The maximum Gasteiger partial charge on any atom is 0.128 e. The van der Waals surface area contributed by atoms with Gasteiger partial charge in [0.05, 0.1) is 0 Å². The van der Waals surface area contributed by atoms with Crippen molar-refractivity contribution >= 4 is 35.6 Å². The van der Waals surface area contributed by atoms with E-state index in [-0.39, 0.29) is 17.8 Å². The summed E-state index contributed by atoms with van der Waals surface area (Å²) < 4.78 is -0.434. The second-order valence-corrected chi connectivity index (χ2v) is 4.93. The summed E-state index contributed by atoms with van der Waals surface area (Å²) in [5.41, 5.74) is 0.210.